The molecule has 1 atom stereocenters. The Morgan fingerprint density at radius 3 is 2.78 bits per heavy atom. The molecule has 8 nitrogen and oxygen atoms in total. The lowest BCUT2D eigenvalue weighted by Gasteiger charge is -2.40. The average molecular weight is 434 g/mol. The molecule has 0 radical (unpaired) electrons. The first kappa shape index (κ1) is 20.7. The fourth-order valence-corrected chi connectivity index (χ4v) is 5.13. The molecule has 8 heteroatoms. The van der Waals surface area contributed by atoms with Crippen LogP contribution in [0.2, 0.25) is 0 Å². The maximum Gasteiger partial charge on any atom is 0.318 e. The fourth-order valence-electron chi connectivity index (χ4n) is 5.13. The van der Waals surface area contributed by atoms with Crippen molar-refractivity contribution in [2.45, 2.75) is 51.0 Å². The number of aromatic nitrogens is 4. The van der Waals surface area contributed by atoms with Gasteiger partial charge in [-0.2, -0.15) is 0 Å². The molecule has 3 aromatic rings. The number of para-hydroxylation sites is 1. The molecule has 2 aliphatic rings. The monoisotopic (exact) mass is 433 g/mol. The summed E-state index contributed by atoms with van der Waals surface area (Å²) in [5.41, 5.74) is 1.81. The van der Waals surface area contributed by atoms with Crippen molar-refractivity contribution in [2.24, 2.45) is 0 Å². The van der Waals surface area contributed by atoms with Gasteiger partial charge in [0.15, 0.2) is 5.65 Å². The summed E-state index contributed by atoms with van der Waals surface area (Å²) >= 11 is 0. The van der Waals surface area contributed by atoms with Gasteiger partial charge in [0.1, 0.15) is 5.82 Å². The van der Waals surface area contributed by atoms with Crippen LogP contribution in [0.1, 0.15) is 50.8 Å². The van der Waals surface area contributed by atoms with Crippen molar-refractivity contribution in [1.29, 1.82) is 0 Å². The van der Waals surface area contributed by atoms with Crippen LogP contribution in [0.4, 0.5) is 10.7 Å². The highest BCUT2D eigenvalue weighted by molar-refractivity contribution is 5.92. The molecule has 0 unspecified atom stereocenters. The van der Waals surface area contributed by atoms with E-state index in [1.54, 1.807) is 6.08 Å². The van der Waals surface area contributed by atoms with Crippen molar-refractivity contribution in [2.75, 3.05) is 31.1 Å². The molecule has 0 spiro atoms. The van der Waals surface area contributed by atoms with Gasteiger partial charge in [-0.1, -0.05) is 37.5 Å². The number of fused-ring (bicyclic) bond motifs is 3. The standard InChI is InChI=1S/C24H31N7O/c1-3-13-25-24(32)30-15-14-29(16-17(30)2)23-26-20-12-8-7-11-19(20)22-28-27-21(31(22)23)18-9-5-4-6-10-18/h3,7-8,11-12,17-18H,1,4-6,9-10,13-16H2,2H3,(H,25,32)/t17-/m0/s1. The third-order valence-corrected chi connectivity index (χ3v) is 6.79. The van der Waals surface area contributed by atoms with E-state index in [9.17, 15) is 4.79 Å². The highest BCUT2D eigenvalue weighted by atomic mass is 16.2. The number of benzene rings is 1. The fraction of sp³-hybridized carbons (Fsp3) is 0.500. The van der Waals surface area contributed by atoms with E-state index in [-0.39, 0.29) is 12.1 Å². The Hall–Kier alpha value is -3.16. The van der Waals surface area contributed by atoms with Crippen LogP contribution < -0.4 is 10.2 Å². The van der Waals surface area contributed by atoms with E-state index in [0.29, 0.717) is 32.1 Å². The number of amides is 2. The van der Waals surface area contributed by atoms with Crippen molar-refractivity contribution >= 4 is 28.5 Å². The number of hydrogen-bond donors (Lipinski definition) is 1. The van der Waals surface area contributed by atoms with Gasteiger partial charge < -0.3 is 15.1 Å². The van der Waals surface area contributed by atoms with Crippen LogP contribution in [0.15, 0.2) is 36.9 Å². The maximum absolute atomic E-state index is 12.5. The number of piperazine rings is 1. The number of nitrogens with one attached hydrogen (secondary N) is 1. The quantitative estimate of drug-likeness (QED) is 0.634. The van der Waals surface area contributed by atoms with Crippen LogP contribution >= 0.6 is 0 Å². The first-order chi connectivity index (χ1) is 15.7. The number of rotatable bonds is 4. The molecule has 1 aliphatic heterocycles. The number of urea groups is 1. The number of hydrogen-bond acceptors (Lipinski definition) is 5. The van der Waals surface area contributed by atoms with Crippen molar-refractivity contribution in [3.8, 4) is 0 Å². The Kier molecular flexibility index (Phi) is 5.68. The van der Waals surface area contributed by atoms with Crippen LogP contribution in [0.3, 0.4) is 0 Å². The summed E-state index contributed by atoms with van der Waals surface area (Å²) in [7, 11) is 0. The Balaban J connectivity index is 1.53. The van der Waals surface area contributed by atoms with E-state index in [0.717, 1.165) is 41.2 Å². The van der Waals surface area contributed by atoms with Gasteiger partial charge >= 0.3 is 6.03 Å². The van der Waals surface area contributed by atoms with Crippen LogP contribution in [-0.4, -0.2) is 62.7 Å². The van der Waals surface area contributed by atoms with Crippen LogP contribution in [0.5, 0.6) is 0 Å². The lowest BCUT2D eigenvalue weighted by atomic mass is 9.89. The summed E-state index contributed by atoms with van der Waals surface area (Å²) in [4.78, 5) is 21.8. The van der Waals surface area contributed by atoms with Crippen LogP contribution in [-0.2, 0) is 0 Å². The largest absolute Gasteiger partial charge is 0.338 e. The summed E-state index contributed by atoms with van der Waals surface area (Å²) in [5, 5.41) is 13.2. The van der Waals surface area contributed by atoms with Gasteiger partial charge in [0.25, 0.3) is 0 Å². The Morgan fingerprint density at radius 2 is 2.00 bits per heavy atom. The molecule has 1 N–H and O–H groups in total. The predicted octanol–water partition coefficient (Wildman–Crippen LogP) is 3.73. The summed E-state index contributed by atoms with van der Waals surface area (Å²) in [5.74, 6) is 2.35. The summed E-state index contributed by atoms with van der Waals surface area (Å²) in [6.07, 6.45) is 7.79. The topological polar surface area (TPSA) is 78.7 Å². The molecule has 2 aromatic heterocycles. The van der Waals surface area contributed by atoms with Gasteiger partial charge in [0, 0.05) is 43.5 Å². The molecular weight excluding hydrogens is 402 g/mol. The summed E-state index contributed by atoms with van der Waals surface area (Å²) in [6.45, 7) is 8.31. The first-order valence-electron chi connectivity index (χ1n) is 11.7. The molecule has 168 valence electrons. The second kappa shape index (κ2) is 8.76. The second-order valence-electron chi connectivity index (χ2n) is 8.94. The van der Waals surface area contributed by atoms with Crippen LogP contribution in [0, 0.1) is 0 Å². The SMILES string of the molecule is C=CCNC(=O)N1CCN(c2nc3ccccc3c3nnc(C4CCCCC4)n23)C[C@@H]1C. The number of carbonyl (C=O) groups excluding carboxylic acids is 1. The van der Waals surface area contributed by atoms with E-state index in [1.165, 1.54) is 19.3 Å². The van der Waals surface area contributed by atoms with E-state index in [4.69, 9.17) is 4.98 Å². The molecule has 1 saturated carbocycles. The van der Waals surface area contributed by atoms with E-state index >= 15 is 0 Å². The lowest BCUT2D eigenvalue weighted by Crippen LogP contribution is -2.57. The van der Waals surface area contributed by atoms with Crippen molar-refractivity contribution in [3.63, 3.8) is 0 Å². The van der Waals surface area contributed by atoms with E-state index in [2.05, 4.69) is 44.4 Å². The van der Waals surface area contributed by atoms with Crippen LogP contribution in [0.25, 0.3) is 16.6 Å². The van der Waals surface area contributed by atoms with Gasteiger partial charge in [0.2, 0.25) is 5.95 Å². The van der Waals surface area contributed by atoms with Gasteiger partial charge in [0.05, 0.1) is 5.52 Å². The minimum Gasteiger partial charge on any atom is -0.338 e. The van der Waals surface area contributed by atoms with Crippen molar-refractivity contribution in [3.05, 3.63) is 42.7 Å². The molecule has 5 rings (SSSR count). The molecule has 3 heterocycles. The number of nitrogens with zero attached hydrogens (tertiary/aromatic N) is 6. The van der Waals surface area contributed by atoms with Gasteiger partial charge in [-0.05, 0) is 31.9 Å². The zero-order valence-electron chi connectivity index (χ0n) is 18.7. The average Bonchev–Trinajstić information content (AvgIpc) is 3.28. The molecule has 1 aromatic carbocycles. The Bertz CT molecular complexity index is 1130. The molecule has 2 amide bonds. The lowest BCUT2D eigenvalue weighted by molar-refractivity contribution is 0.172. The maximum atomic E-state index is 12.5. The third-order valence-electron chi connectivity index (χ3n) is 6.79. The number of anilines is 1. The smallest absolute Gasteiger partial charge is 0.318 e. The predicted molar refractivity (Wildman–Crippen MR) is 126 cm³/mol. The Morgan fingerprint density at radius 1 is 1.19 bits per heavy atom. The van der Waals surface area contributed by atoms with Gasteiger partial charge in [-0.3, -0.25) is 0 Å². The van der Waals surface area contributed by atoms with Gasteiger partial charge in [-0.25, -0.2) is 14.2 Å². The summed E-state index contributed by atoms with van der Waals surface area (Å²) in [6, 6.07) is 8.17. The molecular formula is C24H31N7O. The molecule has 1 aliphatic carbocycles. The molecule has 2 fully saturated rings. The van der Waals surface area contributed by atoms with Crippen molar-refractivity contribution < 1.29 is 4.79 Å². The minimum atomic E-state index is -0.0409. The molecule has 0 bridgehead atoms. The highest BCUT2D eigenvalue weighted by Gasteiger charge is 2.31. The first-order valence-corrected chi connectivity index (χ1v) is 11.7. The molecule has 1 saturated heterocycles. The Labute approximate surface area is 188 Å². The normalized spacial score (nSPS) is 20.1. The van der Waals surface area contributed by atoms with Gasteiger partial charge in [-0.15, -0.1) is 16.8 Å². The molecule has 32 heavy (non-hydrogen) atoms. The second-order valence-corrected chi connectivity index (χ2v) is 8.94. The van der Waals surface area contributed by atoms with E-state index < -0.39 is 0 Å². The summed E-state index contributed by atoms with van der Waals surface area (Å²) < 4.78 is 2.19. The third kappa shape index (κ3) is 3.67. The van der Waals surface area contributed by atoms with Crippen molar-refractivity contribution in [1.82, 2.24) is 29.8 Å². The van der Waals surface area contributed by atoms with E-state index in [1.807, 2.05) is 23.1 Å². The minimum absolute atomic E-state index is 0.0409. The highest BCUT2D eigenvalue weighted by Crippen LogP contribution is 2.35. The number of carbonyl (C=O) groups is 1. The zero-order valence-corrected chi connectivity index (χ0v) is 18.7. The zero-order chi connectivity index (χ0) is 22.1.